The smallest absolute Gasteiger partial charge is 0.301 e. The molecule has 1 aliphatic heterocycles. The molecule has 6 rings (SSSR count). The van der Waals surface area contributed by atoms with Gasteiger partial charge in [0, 0.05) is 30.3 Å². The third-order valence-electron chi connectivity index (χ3n) is 6.21. The highest BCUT2D eigenvalue weighted by Crippen LogP contribution is 2.45. The van der Waals surface area contributed by atoms with Crippen molar-refractivity contribution in [3.8, 4) is 5.75 Å². The number of aromatic nitrogens is 4. The number of hydrogen-bond acceptors (Lipinski definition) is 6. The summed E-state index contributed by atoms with van der Waals surface area (Å²) < 4.78 is 38.0. The van der Waals surface area contributed by atoms with Gasteiger partial charge in [-0.25, -0.2) is 13.8 Å². The van der Waals surface area contributed by atoms with Gasteiger partial charge in [-0.1, -0.05) is 11.6 Å². The maximum atomic E-state index is 14.8. The maximum Gasteiger partial charge on any atom is 0.301 e. The molecule has 2 N–H and O–H groups in total. The van der Waals surface area contributed by atoms with Crippen molar-refractivity contribution in [1.29, 1.82) is 0 Å². The van der Waals surface area contributed by atoms with Crippen LogP contribution in [0.3, 0.4) is 0 Å². The Kier molecular flexibility index (Phi) is 4.32. The van der Waals surface area contributed by atoms with Gasteiger partial charge in [-0.05, 0) is 37.0 Å². The van der Waals surface area contributed by atoms with Crippen LogP contribution in [0.25, 0.3) is 16.6 Å². The number of halogens is 3. The van der Waals surface area contributed by atoms with Gasteiger partial charge < -0.3 is 19.9 Å². The molecule has 1 atom stereocenters. The van der Waals surface area contributed by atoms with Crippen molar-refractivity contribution in [3.05, 3.63) is 52.0 Å². The van der Waals surface area contributed by atoms with Crippen LogP contribution in [-0.2, 0) is 7.05 Å². The molecule has 0 radical (unpaired) electrons. The van der Waals surface area contributed by atoms with E-state index >= 15 is 0 Å². The van der Waals surface area contributed by atoms with E-state index in [1.54, 1.807) is 48.1 Å². The summed E-state index contributed by atoms with van der Waals surface area (Å²) in [6.07, 6.45) is 3.06. The average molecular weight is 473 g/mol. The number of alkyl halides is 2. The van der Waals surface area contributed by atoms with Gasteiger partial charge in [0.05, 0.1) is 23.4 Å². The summed E-state index contributed by atoms with van der Waals surface area (Å²) in [6, 6.07) is 7.63. The molecule has 0 unspecified atom stereocenters. The number of aryl methyl sites for hydroxylation is 1. The van der Waals surface area contributed by atoms with Gasteiger partial charge >= 0.3 is 5.92 Å². The molecule has 1 aliphatic carbocycles. The molecule has 8 nitrogen and oxygen atoms in total. The van der Waals surface area contributed by atoms with Crippen LogP contribution in [0.1, 0.15) is 12.8 Å². The highest BCUT2D eigenvalue weighted by molar-refractivity contribution is 6.29. The van der Waals surface area contributed by atoms with Crippen LogP contribution in [0.15, 0.2) is 41.3 Å². The van der Waals surface area contributed by atoms with E-state index in [1.165, 1.54) is 4.57 Å². The van der Waals surface area contributed by atoms with Crippen molar-refractivity contribution in [3.63, 3.8) is 0 Å². The minimum atomic E-state index is -3.09. The number of hydrogen-bond donors (Lipinski definition) is 2. The Morgan fingerprint density at radius 2 is 2.09 bits per heavy atom. The summed E-state index contributed by atoms with van der Waals surface area (Å²) in [5.41, 5.74) is 1.66. The molecule has 0 bridgehead atoms. The molecule has 4 heterocycles. The Morgan fingerprint density at radius 3 is 2.88 bits per heavy atom. The third-order valence-corrected chi connectivity index (χ3v) is 6.40. The van der Waals surface area contributed by atoms with Crippen LogP contribution in [0, 0.1) is 5.92 Å². The molecule has 0 saturated heterocycles. The lowest BCUT2D eigenvalue weighted by molar-refractivity contribution is -0.0579. The number of fused-ring (bicyclic) bond motifs is 4. The number of nitrogens with zero attached hydrogens (tertiary/aromatic N) is 4. The van der Waals surface area contributed by atoms with E-state index < -0.39 is 24.1 Å². The molecule has 1 fully saturated rings. The van der Waals surface area contributed by atoms with E-state index in [0.29, 0.717) is 38.9 Å². The summed E-state index contributed by atoms with van der Waals surface area (Å²) >= 11 is 6.14. The van der Waals surface area contributed by atoms with Crippen LogP contribution < -0.4 is 20.9 Å². The van der Waals surface area contributed by atoms with Crippen molar-refractivity contribution < 1.29 is 13.5 Å². The molecule has 2 aliphatic rings. The first-order valence-electron chi connectivity index (χ1n) is 10.5. The van der Waals surface area contributed by atoms with Crippen molar-refractivity contribution in [2.45, 2.75) is 24.8 Å². The largest absolute Gasteiger partial charge is 0.480 e. The second-order valence-corrected chi connectivity index (χ2v) is 8.89. The van der Waals surface area contributed by atoms with Crippen LogP contribution >= 0.6 is 11.6 Å². The zero-order chi connectivity index (χ0) is 22.9. The molecular formula is C22H19ClF2N6O2. The molecule has 4 aromatic rings. The van der Waals surface area contributed by atoms with Gasteiger partial charge in [0.1, 0.15) is 11.0 Å². The second kappa shape index (κ2) is 7.05. The van der Waals surface area contributed by atoms with Crippen LogP contribution in [0.5, 0.6) is 5.75 Å². The van der Waals surface area contributed by atoms with Crippen molar-refractivity contribution in [1.82, 2.24) is 19.2 Å². The Bertz CT molecular complexity index is 1480. The van der Waals surface area contributed by atoms with Gasteiger partial charge in [0.2, 0.25) is 5.75 Å². The number of pyridine rings is 1. The normalized spacial score (nSPS) is 19.6. The lowest BCUT2D eigenvalue weighted by Gasteiger charge is -2.25. The lowest BCUT2D eigenvalue weighted by Crippen LogP contribution is -2.44. The van der Waals surface area contributed by atoms with Gasteiger partial charge in [0.15, 0.2) is 12.3 Å². The van der Waals surface area contributed by atoms with E-state index in [9.17, 15) is 13.6 Å². The summed E-state index contributed by atoms with van der Waals surface area (Å²) in [5.74, 6) is -2.75. The summed E-state index contributed by atoms with van der Waals surface area (Å²) in [7, 11) is 1.60. The minimum Gasteiger partial charge on any atom is -0.480 e. The number of anilines is 3. The topological polar surface area (TPSA) is 85.5 Å². The van der Waals surface area contributed by atoms with E-state index in [4.69, 9.17) is 16.3 Å². The van der Waals surface area contributed by atoms with Gasteiger partial charge in [-0.15, -0.1) is 0 Å². The summed E-state index contributed by atoms with van der Waals surface area (Å²) in [4.78, 5) is 17.1. The summed E-state index contributed by atoms with van der Waals surface area (Å²) in [6.45, 7) is -0.834. The third kappa shape index (κ3) is 3.28. The minimum absolute atomic E-state index is 0.0913. The first-order chi connectivity index (χ1) is 15.8. The fourth-order valence-corrected chi connectivity index (χ4v) is 4.60. The van der Waals surface area contributed by atoms with Crippen LogP contribution in [-0.4, -0.2) is 37.7 Å². The van der Waals surface area contributed by atoms with E-state index in [-0.39, 0.29) is 11.7 Å². The molecule has 0 amide bonds. The van der Waals surface area contributed by atoms with Gasteiger partial charge in [-0.2, -0.15) is 9.61 Å². The highest BCUT2D eigenvalue weighted by Gasteiger charge is 2.51. The van der Waals surface area contributed by atoms with E-state index in [1.807, 2.05) is 0 Å². The number of rotatable bonds is 3. The standard InChI is InChI=1S/C22H19ClF2N6O2/c1-30-14-5-4-12(27-17-9-15(23)28-16-6-7-26-31(16)17)8-13(14)18-19(21(30)32)33-10-22(24,25)20(29-18)11-2-3-11/h4-9,11,20,27,29H,2-3,10H2,1H3/t20-/m0/s1. The molecule has 11 heteroatoms. The molecule has 1 saturated carbocycles. The second-order valence-electron chi connectivity index (χ2n) is 8.50. The number of ether oxygens (including phenoxy) is 1. The maximum absolute atomic E-state index is 14.8. The number of nitrogens with one attached hydrogen (secondary N) is 2. The van der Waals surface area contributed by atoms with Crippen molar-refractivity contribution in [2.24, 2.45) is 13.0 Å². The fraction of sp³-hybridized carbons (Fsp3) is 0.318. The molecule has 3 aromatic heterocycles. The Labute approximate surface area is 191 Å². The van der Waals surface area contributed by atoms with Crippen molar-refractivity contribution >= 4 is 45.3 Å². The first kappa shape index (κ1) is 20.2. The monoisotopic (exact) mass is 472 g/mol. The Balaban J connectivity index is 1.50. The average Bonchev–Trinajstić information content (AvgIpc) is 3.52. The quantitative estimate of drug-likeness (QED) is 0.435. The van der Waals surface area contributed by atoms with Gasteiger partial charge in [-0.3, -0.25) is 4.79 Å². The first-order valence-corrected chi connectivity index (χ1v) is 10.9. The SMILES string of the molecule is Cn1c(=O)c2c(c3cc(Nc4cc(Cl)nc5ccnn45)ccc31)N[C@@H](C1CC1)C(F)(F)CO2. The Morgan fingerprint density at radius 1 is 1.27 bits per heavy atom. The van der Waals surface area contributed by atoms with Crippen LogP contribution in [0.4, 0.5) is 26.0 Å². The summed E-state index contributed by atoms with van der Waals surface area (Å²) in [5, 5.41) is 11.4. The molecule has 33 heavy (non-hydrogen) atoms. The van der Waals surface area contributed by atoms with E-state index in [2.05, 4.69) is 20.7 Å². The van der Waals surface area contributed by atoms with Crippen molar-refractivity contribution in [2.75, 3.05) is 17.2 Å². The van der Waals surface area contributed by atoms with Gasteiger partial charge in [0.25, 0.3) is 5.56 Å². The predicted octanol–water partition coefficient (Wildman–Crippen LogP) is 4.20. The molecule has 0 spiro atoms. The Hall–Kier alpha value is -3.40. The number of benzene rings is 1. The van der Waals surface area contributed by atoms with E-state index in [0.717, 1.165) is 12.8 Å². The predicted molar refractivity (Wildman–Crippen MR) is 121 cm³/mol. The molecule has 1 aromatic carbocycles. The lowest BCUT2D eigenvalue weighted by atomic mass is 10.0. The zero-order valence-electron chi connectivity index (χ0n) is 17.5. The fourth-order valence-electron chi connectivity index (χ4n) is 4.41. The molecular weight excluding hydrogens is 454 g/mol. The van der Waals surface area contributed by atoms with Crippen LogP contribution in [0.2, 0.25) is 5.15 Å². The highest BCUT2D eigenvalue weighted by atomic mass is 35.5. The molecule has 170 valence electrons. The zero-order valence-corrected chi connectivity index (χ0v) is 18.2.